The molecule has 0 aliphatic carbocycles. The summed E-state index contributed by atoms with van der Waals surface area (Å²) in [5, 5.41) is 31.3. The highest BCUT2D eigenvalue weighted by molar-refractivity contribution is 5.92. The number of aromatic nitrogens is 3. The third kappa shape index (κ3) is 2.46. The topological polar surface area (TPSA) is 114 Å². The molecular weight excluding hydrogens is 350 g/mol. The minimum absolute atomic E-state index is 0.382. The summed E-state index contributed by atoms with van der Waals surface area (Å²) in [4.78, 5) is 8.68. The van der Waals surface area contributed by atoms with Crippen molar-refractivity contribution in [3.05, 3.63) is 48.9 Å². The molecule has 4 atom stereocenters. The van der Waals surface area contributed by atoms with Crippen molar-refractivity contribution >= 4 is 22.0 Å². The Balaban J connectivity index is 1.61. The van der Waals surface area contributed by atoms with Crippen LogP contribution in [0.2, 0.25) is 0 Å². The van der Waals surface area contributed by atoms with E-state index in [0.717, 1.165) is 16.4 Å². The molecule has 4 heterocycles. The van der Waals surface area contributed by atoms with Crippen LogP contribution in [-0.2, 0) is 4.74 Å². The van der Waals surface area contributed by atoms with E-state index in [9.17, 15) is 15.3 Å². The molecule has 1 unspecified atom stereocenters. The predicted molar refractivity (Wildman–Crippen MR) is 95.7 cm³/mol. The van der Waals surface area contributed by atoms with Crippen molar-refractivity contribution in [1.82, 2.24) is 14.5 Å². The molecule has 8 nitrogen and oxygen atoms in total. The summed E-state index contributed by atoms with van der Waals surface area (Å²) in [5.74, 6) is 0.613. The van der Waals surface area contributed by atoms with Gasteiger partial charge in [0.2, 0.25) is 0 Å². The average molecular weight is 367 g/mol. The minimum Gasteiger partial charge on any atom is -0.454 e. The number of hydrogen-bond donors (Lipinski definition) is 3. The number of ether oxygens (including phenoxy) is 1. The maximum absolute atomic E-state index is 10.3. The lowest BCUT2D eigenvalue weighted by Crippen LogP contribution is -2.33. The highest BCUT2D eigenvalue weighted by Crippen LogP contribution is 2.35. The number of rotatable bonds is 3. The first kappa shape index (κ1) is 16.4. The molecule has 1 aliphatic rings. The zero-order valence-electron chi connectivity index (χ0n) is 14.1. The summed E-state index contributed by atoms with van der Waals surface area (Å²) in [6.07, 6.45) is -0.919. The molecule has 4 aromatic rings. The first-order chi connectivity index (χ1) is 13.2. The van der Waals surface area contributed by atoms with E-state index >= 15 is 0 Å². The van der Waals surface area contributed by atoms with Crippen molar-refractivity contribution < 1.29 is 24.5 Å². The molecule has 0 amide bonds. The van der Waals surface area contributed by atoms with Crippen molar-refractivity contribution in [1.29, 1.82) is 0 Å². The average Bonchev–Trinajstić information content (AvgIpc) is 3.38. The maximum atomic E-state index is 10.3. The van der Waals surface area contributed by atoms with Crippen LogP contribution in [0, 0.1) is 0 Å². The number of benzene rings is 1. The lowest BCUT2D eigenvalue weighted by molar-refractivity contribution is -0.0508. The fraction of sp³-hybridized carbons (Fsp3) is 0.263. The molecule has 0 spiro atoms. The molecule has 1 fully saturated rings. The second-order valence-electron chi connectivity index (χ2n) is 6.56. The zero-order chi connectivity index (χ0) is 18.5. The van der Waals surface area contributed by atoms with Crippen molar-refractivity contribution in [3.8, 4) is 11.5 Å². The van der Waals surface area contributed by atoms with Gasteiger partial charge in [-0.15, -0.1) is 0 Å². The van der Waals surface area contributed by atoms with Gasteiger partial charge in [0.15, 0.2) is 12.0 Å². The summed E-state index contributed by atoms with van der Waals surface area (Å²) in [7, 11) is 0. The third-order valence-electron chi connectivity index (χ3n) is 4.96. The molecule has 0 saturated carbocycles. The maximum Gasteiger partial charge on any atom is 0.164 e. The molecule has 3 N–H and O–H groups in total. The van der Waals surface area contributed by atoms with Crippen molar-refractivity contribution in [3.63, 3.8) is 0 Å². The van der Waals surface area contributed by atoms with Crippen molar-refractivity contribution in [2.24, 2.45) is 0 Å². The van der Waals surface area contributed by atoms with Gasteiger partial charge < -0.3 is 29.0 Å². The predicted octanol–water partition coefficient (Wildman–Crippen LogP) is 1.46. The number of aliphatic hydroxyl groups is 3. The van der Waals surface area contributed by atoms with E-state index in [1.807, 2.05) is 36.4 Å². The number of nitrogens with zero attached hydrogens (tertiary/aromatic N) is 3. The minimum atomic E-state index is -1.18. The number of para-hydroxylation sites is 1. The molecule has 3 aromatic heterocycles. The number of aliphatic hydroxyl groups excluding tert-OH is 3. The zero-order valence-corrected chi connectivity index (χ0v) is 14.1. The summed E-state index contributed by atoms with van der Waals surface area (Å²) in [6, 6.07) is 11.4. The Morgan fingerprint density at radius 1 is 1.07 bits per heavy atom. The van der Waals surface area contributed by atoms with Gasteiger partial charge in [-0.25, -0.2) is 9.97 Å². The van der Waals surface area contributed by atoms with Crippen molar-refractivity contribution in [2.45, 2.75) is 24.5 Å². The number of hydrogen-bond acceptors (Lipinski definition) is 7. The van der Waals surface area contributed by atoms with Gasteiger partial charge in [-0.1, -0.05) is 18.2 Å². The monoisotopic (exact) mass is 367 g/mol. The van der Waals surface area contributed by atoms with E-state index in [-0.39, 0.29) is 6.61 Å². The number of furan rings is 1. The van der Waals surface area contributed by atoms with Crippen LogP contribution in [0.25, 0.3) is 33.5 Å². The van der Waals surface area contributed by atoms with Crippen LogP contribution in [0.1, 0.15) is 6.23 Å². The van der Waals surface area contributed by atoms with Crippen LogP contribution in [-0.4, -0.2) is 54.8 Å². The molecule has 8 heteroatoms. The van der Waals surface area contributed by atoms with Gasteiger partial charge in [0.05, 0.1) is 6.61 Å². The van der Waals surface area contributed by atoms with Crippen LogP contribution in [0.3, 0.4) is 0 Å². The Morgan fingerprint density at radius 2 is 1.93 bits per heavy atom. The molecular formula is C19H17N3O5. The molecule has 0 radical (unpaired) electrons. The molecule has 1 saturated heterocycles. The van der Waals surface area contributed by atoms with Crippen molar-refractivity contribution in [2.75, 3.05) is 6.61 Å². The summed E-state index contributed by atoms with van der Waals surface area (Å²) in [6.45, 7) is -0.382. The van der Waals surface area contributed by atoms with Gasteiger partial charge in [-0.3, -0.25) is 0 Å². The first-order valence-electron chi connectivity index (χ1n) is 8.60. The van der Waals surface area contributed by atoms with Gasteiger partial charge in [-0.2, -0.15) is 0 Å². The van der Waals surface area contributed by atoms with Crippen LogP contribution in [0.4, 0.5) is 0 Å². The Kier molecular flexibility index (Phi) is 3.73. The molecule has 1 aliphatic heterocycles. The quantitative estimate of drug-likeness (QED) is 0.502. The van der Waals surface area contributed by atoms with Crippen LogP contribution in [0.5, 0.6) is 0 Å². The normalized spacial score (nSPS) is 25.6. The van der Waals surface area contributed by atoms with E-state index in [0.29, 0.717) is 17.1 Å². The van der Waals surface area contributed by atoms with Gasteiger partial charge in [0, 0.05) is 17.0 Å². The van der Waals surface area contributed by atoms with Gasteiger partial charge in [0.25, 0.3) is 0 Å². The first-order valence-corrected chi connectivity index (χ1v) is 8.60. The Labute approximate surface area is 153 Å². The Bertz CT molecular complexity index is 1090. The second kappa shape index (κ2) is 6.14. The summed E-state index contributed by atoms with van der Waals surface area (Å²) in [5.41, 5.74) is 1.93. The van der Waals surface area contributed by atoms with Gasteiger partial charge in [-0.05, 0) is 18.2 Å². The highest BCUT2D eigenvalue weighted by atomic mass is 16.6. The van der Waals surface area contributed by atoms with Gasteiger partial charge >= 0.3 is 0 Å². The SMILES string of the molecule is OCC1O[C@@H](n2ccc3c(-c4cc5ccccc5o4)ncnc32)[C@@H](O)[C@H]1O. The molecule has 1 aromatic carbocycles. The lowest BCUT2D eigenvalue weighted by Gasteiger charge is -2.17. The molecule has 27 heavy (non-hydrogen) atoms. The molecule has 5 rings (SSSR count). The summed E-state index contributed by atoms with van der Waals surface area (Å²) >= 11 is 0. The van der Waals surface area contributed by atoms with Gasteiger partial charge in [0.1, 0.15) is 41.6 Å². The van der Waals surface area contributed by atoms with E-state index in [4.69, 9.17) is 9.15 Å². The number of fused-ring (bicyclic) bond motifs is 2. The van der Waals surface area contributed by atoms with Crippen LogP contribution < -0.4 is 0 Å². The molecule has 0 bridgehead atoms. The fourth-order valence-electron chi connectivity index (χ4n) is 3.58. The lowest BCUT2D eigenvalue weighted by atomic mass is 10.1. The third-order valence-corrected chi connectivity index (χ3v) is 4.96. The smallest absolute Gasteiger partial charge is 0.164 e. The summed E-state index contributed by atoms with van der Waals surface area (Å²) < 4.78 is 13.2. The van der Waals surface area contributed by atoms with E-state index in [1.165, 1.54) is 6.33 Å². The Morgan fingerprint density at radius 3 is 2.70 bits per heavy atom. The van der Waals surface area contributed by atoms with Crippen LogP contribution in [0.15, 0.2) is 53.3 Å². The Hall–Kier alpha value is -2.78. The molecule has 138 valence electrons. The standard InChI is InChI=1S/C19H17N3O5/c23-8-14-16(24)17(25)19(27-14)22-6-5-11-15(20-9-21-18(11)22)13-7-10-3-1-2-4-12(10)26-13/h1-7,9,14,16-17,19,23-25H,8H2/t14?,16-,17-,19+/m0/s1. The largest absolute Gasteiger partial charge is 0.454 e. The van der Waals surface area contributed by atoms with E-state index in [2.05, 4.69) is 9.97 Å². The fourth-order valence-corrected chi connectivity index (χ4v) is 3.58. The van der Waals surface area contributed by atoms with E-state index in [1.54, 1.807) is 10.8 Å². The highest BCUT2D eigenvalue weighted by Gasteiger charge is 2.43. The van der Waals surface area contributed by atoms with E-state index < -0.39 is 24.5 Å². The second-order valence-corrected chi connectivity index (χ2v) is 6.56. The van der Waals surface area contributed by atoms with Crippen LogP contribution >= 0.6 is 0 Å².